The molecule has 1 heterocycles. The van der Waals surface area contributed by atoms with Crippen LogP contribution in [-0.2, 0) is 4.79 Å². The van der Waals surface area contributed by atoms with Crippen molar-refractivity contribution >= 4 is 11.6 Å². The Morgan fingerprint density at radius 3 is 2.82 bits per heavy atom. The molecule has 1 radical (unpaired) electrons. The van der Waals surface area contributed by atoms with E-state index in [-0.39, 0.29) is 11.8 Å². The quantitative estimate of drug-likeness (QED) is 0.546. The Morgan fingerprint density at radius 2 is 2.09 bits per heavy atom. The average Bonchev–Trinajstić information content (AvgIpc) is 2.30. The number of benzene rings is 1. The third kappa shape index (κ3) is 0.827. The summed E-state index contributed by atoms with van der Waals surface area (Å²) in [5, 5.41) is 3.89. The number of carbonyl (C=O) groups excluding carboxylic acids is 1. The molecule has 11 heavy (non-hydrogen) atoms. The molecule has 0 saturated carbocycles. The summed E-state index contributed by atoms with van der Waals surface area (Å²) in [7, 11) is 0. The van der Waals surface area contributed by atoms with Crippen LogP contribution in [0.2, 0.25) is 0 Å². The zero-order chi connectivity index (χ0) is 7.84. The molecule has 2 nitrogen and oxygen atoms in total. The van der Waals surface area contributed by atoms with Crippen LogP contribution in [0.15, 0.2) is 24.3 Å². The second kappa shape index (κ2) is 2.09. The van der Waals surface area contributed by atoms with Gasteiger partial charge in [0.25, 0.3) is 5.91 Å². The smallest absolute Gasteiger partial charge is 0.253 e. The van der Waals surface area contributed by atoms with E-state index in [1.807, 2.05) is 31.2 Å². The molecule has 1 aliphatic heterocycles. The van der Waals surface area contributed by atoms with Crippen LogP contribution in [-0.4, -0.2) is 5.91 Å². The van der Waals surface area contributed by atoms with Crippen molar-refractivity contribution in [2.75, 3.05) is 0 Å². The third-order valence-electron chi connectivity index (χ3n) is 2.00. The number of carbonyl (C=O) groups is 1. The molecule has 1 aromatic rings. The van der Waals surface area contributed by atoms with Gasteiger partial charge in [-0.15, -0.1) is 0 Å². The molecule has 0 fully saturated rings. The van der Waals surface area contributed by atoms with Crippen LogP contribution < -0.4 is 5.32 Å². The summed E-state index contributed by atoms with van der Waals surface area (Å²) in [6.07, 6.45) is 0. The normalized spacial score (nSPS) is 21.2. The number of amides is 1. The van der Waals surface area contributed by atoms with Gasteiger partial charge in [-0.3, -0.25) is 4.79 Å². The molecule has 2 rings (SSSR count). The van der Waals surface area contributed by atoms with Crippen LogP contribution in [0.5, 0.6) is 0 Å². The summed E-state index contributed by atoms with van der Waals surface area (Å²) in [4.78, 5) is 11.1. The maximum Gasteiger partial charge on any atom is 0.253 e. The fourth-order valence-corrected chi connectivity index (χ4v) is 1.30. The Morgan fingerprint density at radius 1 is 1.36 bits per heavy atom. The van der Waals surface area contributed by atoms with Crippen LogP contribution in [0.3, 0.4) is 0 Å². The first-order chi connectivity index (χ1) is 5.29. The Balaban J connectivity index is 2.55. The Hall–Kier alpha value is -1.31. The van der Waals surface area contributed by atoms with E-state index in [9.17, 15) is 4.79 Å². The van der Waals surface area contributed by atoms with Gasteiger partial charge >= 0.3 is 0 Å². The number of para-hydroxylation sites is 1. The molecule has 1 aromatic carbocycles. The molecule has 0 N–H and O–H groups in total. The number of rotatable bonds is 0. The Bertz CT molecular complexity index is 306. The fraction of sp³-hybridized carbons (Fsp3) is 0.222. The molecular formula is C9H8NO. The zero-order valence-corrected chi connectivity index (χ0v) is 6.24. The summed E-state index contributed by atoms with van der Waals surface area (Å²) in [5.41, 5.74) is 1.89. The summed E-state index contributed by atoms with van der Waals surface area (Å²) in [5.74, 6) is -0.0580. The number of nitrogens with zero attached hydrogens (tertiary/aromatic N) is 1. The van der Waals surface area contributed by atoms with Crippen LogP contribution in [0.1, 0.15) is 18.4 Å². The van der Waals surface area contributed by atoms with E-state index in [1.54, 1.807) is 0 Å². The molecule has 1 unspecified atom stereocenters. The SMILES string of the molecule is CC1C(=O)[N]c2ccccc21. The first-order valence-electron chi connectivity index (χ1n) is 3.63. The summed E-state index contributed by atoms with van der Waals surface area (Å²) < 4.78 is 0. The van der Waals surface area contributed by atoms with Gasteiger partial charge in [-0.2, -0.15) is 0 Å². The second-order valence-corrected chi connectivity index (χ2v) is 2.73. The molecule has 0 saturated heterocycles. The van der Waals surface area contributed by atoms with Crippen molar-refractivity contribution < 1.29 is 4.79 Å². The number of hydrogen-bond acceptors (Lipinski definition) is 1. The molecule has 2 heteroatoms. The Kier molecular flexibility index (Phi) is 1.22. The van der Waals surface area contributed by atoms with Gasteiger partial charge in [-0.05, 0) is 18.6 Å². The fourth-order valence-electron chi connectivity index (χ4n) is 1.30. The first-order valence-corrected chi connectivity index (χ1v) is 3.63. The number of fused-ring (bicyclic) bond motifs is 1. The largest absolute Gasteiger partial charge is 0.272 e. The molecule has 1 aliphatic rings. The zero-order valence-electron chi connectivity index (χ0n) is 6.24. The van der Waals surface area contributed by atoms with Crippen molar-refractivity contribution in [3.63, 3.8) is 0 Å². The molecule has 0 spiro atoms. The lowest BCUT2D eigenvalue weighted by Gasteiger charge is -1.96. The average molecular weight is 146 g/mol. The van der Waals surface area contributed by atoms with E-state index in [2.05, 4.69) is 5.32 Å². The minimum Gasteiger partial charge on any atom is -0.272 e. The monoisotopic (exact) mass is 146 g/mol. The number of hydrogen-bond donors (Lipinski definition) is 0. The highest BCUT2D eigenvalue weighted by atomic mass is 16.2. The van der Waals surface area contributed by atoms with Gasteiger partial charge < -0.3 is 0 Å². The lowest BCUT2D eigenvalue weighted by atomic mass is 10.0. The first kappa shape index (κ1) is 6.40. The van der Waals surface area contributed by atoms with E-state index in [0.29, 0.717) is 0 Å². The standard InChI is InChI=1S/C9H8NO/c1-6-7-4-2-3-5-8(7)10-9(6)11/h2-6H,1H3. The van der Waals surface area contributed by atoms with Crippen LogP contribution in [0.25, 0.3) is 0 Å². The highest BCUT2D eigenvalue weighted by Crippen LogP contribution is 2.31. The molecule has 0 aliphatic carbocycles. The van der Waals surface area contributed by atoms with Gasteiger partial charge in [0.1, 0.15) is 0 Å². The summed E-state index contributed by atoms with van der Waals surface area (Å²) >= 11 is 0. The predicted octanol–water partition coefficient (Wildman–Crippen LogP) is 1.57. The van der Waals surface area contributed by atoms with Gasteiger partial charge in [0.05, 0.1) is 11.6 Å². The van der Waals surface area contributed by atoms with E-state index in [4.69, 9.17) is 0 Å². The maximum absolute atomic E-state index is 11.1. The van der Waals surface area contributed by atoms with Gasteiger partial charge in [-0.1, -0.05) is 18.2 Å². The van der Waals surface area contributed by atoms with Crippen molar-refractivity contribution in [1.29, 1.82) is 0 Å². The third-order valence-corrected chi connectivity index (χ3v) is 2.00. The lowest BCUT2D eigenvalue weighted by molar-refractivity contribution is -0.120. The molecule has 0 aromatic heterocycles. The lowest BCUT2D eigenvalue weighted by Crippen LogP contribution is -2.07. The van der Waals surface area contributed by atoms with Crippen molar-refractivity contribution in [1.82, 2.24) is 5.32 Å². The van der Waals surface area contributed by atoms with Crippen LogP contribution in [0, 0.1) is 0 Å². The highest BCUT2D eigenvalue weighted by Gasteiger charge is 2.27. The van der Waals surface area contributed by atoms with E-state index in [1.165, 1.54) is 0 Å². The Labute approximate surface area is 65.2 Å². The van der Waals surface area contributed by atoms with Gasteiger partial charge in [0.2, 0.25) is 0 Å². The molecular weight excluding hydrogens is 138 g/mol. The van der Waals surface area contributed by atoms with E-state index >= 15 is 0 Å². The molecule has 1 atom stereocenters. The maximum atomic E-state index is 11.1. The van der Waals surface area contributed by atoms with Crippen LogP contribution >= 0.6 is 0 Å². The van der Waals surface area contributed by atoms with E-state index < -0.39 is 0 Å². The van der Waals surface area contributed by atoms with Gasteiger partial charge in [-0.25, -0.2) is 5.32 Å². The van der Waals surface area contributed by atoms with Crippen molar-refractivity contribution in [2.24, 2.45) is 0 Å². The second-order valence-electron chi connectivity index (χ2n) is 2.73. The molecule has 0 bridgehead atoms. The molecule has 55 valence electrons. The topological polar surface area (TPSA) is 31.2 Å². The van der Waals surface area contributed by atoms with Gasteiger partial charge in [0, 0.05) is 0 Å². The summed E-state index contributed by atoms with van der Waals surface area (Å²) in [6, 6.07) is 7.65. The van der Waals surface area contributed by atoms with Crippen molar-refractivity contribution in [3.05, 3.63) is 29.8 Å². The van der Waals surface area contributed by atoms with E-state index in [0.717, 1.165) is 11.3 Å². The minimum atomic E-state index is -0.0359. The van der Waals surface area contributed by atoms with Crippen molar-refractivity contribution in [3.8, 4) is 0 Å². The highest BCUT2D eigenvalue weighted by molar-refractivity contribution is 5.93. The summed E-state index contributed by atoms with van der Waals surface area (Å²) in [6.45, 7) is 1.89. The molecule has 1 amide bonds. The predicted molar refractivity (Wildman–Crippen MR) is 41.7 cm³/mol. The minimum absolute atomic E-state index is 0.0220. The van der Waals surface area contributed by atoms with Crippen LogP contribution in [0.4, 0.5) is 5.69 Å². The van der Waals surface area contributed by atoms with Crippen molar-refractivity contribution in [2.45, 2.75) is 12.8 Å². The van der Waals surface area contributed by atoms with Gasteiger partial charge in [0.15, 0.2) is 0 Å².